The Bertz CT molecular complexity index is 814. The molecule has 4 rings (SSSR count). The predicted molar refractivity (Wildman–Crippen MR) is 68.1 cm³/mol. The fourth-order valence-corrected chi connectivity index (χ4v) is 2.21. The van der Waals surface area contributed by atoms with Gasteiger partial charge in [-0.2, -0.15) is 0 Å². The van der Waals surface area contributed by atoms with Crippen LogP contribution < -0.4 is 0 Å². The molecule has 4 aromatic rings. The maximum atomic E-state index is 5.39. The normalized spacial score (nSPS) is 11.2. The lowest BCUT2D eigenvalue weighted by molar-refractivity contribution is 0.422. The fourth-order valence-electron chi connectivity index (χ4n) is 2.21. The molecule has 3 aromatic heterocycles. The maximum Gasteiger partial charge on any atom is 0.181 e. The number of nitrogens with one attached hydrogen (secondary N) is 1. The van der Waals surface area contributed by atoms with E-state index in [9.17, 15) is 0 Å². The van der Waals surface area contributed by atoms with E-state index in [1.807, 2.05) is 18.2 Å². The van der Waals surface area contributed by atoms with E-state index in [4.69, 9.17) is 8.94 Å². The van der Waals surface area contributed by atoms with Crippen LogP contribution in [0.4, 0.5) is 0 Å². The Morgan fingerprint density at radius 1 is 1.21 bits per heavy atom. The van der Waals surface area contributed by atoms with Crippen LogP contribution in [-0.4, -0.2) is 15.1 Å². The van der Waals surface area contributed by atoms with Crippen molar-refractivity contribution in [1.29, 1.82) is 0 Å². The molecule has 0 saturated heterocycles. The van der Waals surface area contributed by atoms with E-state index in [0.717, 1.165) is 27.7 Å². The SMILES string of the molecule is [c]1[nH]c2cccc(-c3cnco3)c2c1-c1ccon1. The van der Waals surface area contributed by atoms with Gasteiger partial charge in [0.25, 0.3) is 0 Å². The zero-order valence-corrected chi connectivity index (χ0v) is 9.75. The summed E-state index contributed by atoms with van der Waals surface area (Å²) in [5.74, 6) is 0.711. The molecule has 0 unspecified atom stereocenters. The van der Waals surface area contributed by atoms with Gasteiger partial charge in [-0.15, -0.1) is 0 Å². The van der Waals surface area contributed by atoms with Gasteiger partial charge in [-0.3, -0.25) is 0 Å². The van der Waals surface area contributed by atoms with E-state index < -0.39 is 0 Å². The summed E-state index contributed by atoms with van der Waals surface area (Å²) in [4.78, 5) is 7.07. The first-order chi connectivity index (χ1) is 9.43. The van der Waals surface area contributed by atoms with E-state index in [2.05, 4.69) is 21.3 Å². The number of oxazole rings is 1. The highest BCUT2D eigenvalue weighted by atomic mass is 16.5. The molecule has 1 radical (unpaired) electrons. The Morgan fingerprint density at radius 2 is 2.21 bits per heavy atom. The molecule has 3 heterocycles. The van der Waals surface area contributed by atoms with Gasteiger partial charge in [0.2, 0.25) is 0 Å². The molecule has 1 aromatic carbocycles. The average molecular weight is 250 g/mol. The minimum atomic E-state index is 0.711. The summed E-state index contributed by atoms with van der Waals surface area (Å²) in [6.07, 6.45) is 7.76. The average Bonchev–Trinajstić information content (AvgIpc) is 3.18. The first-order valence-electron chi connectivity index (χ1n) is 5.75. The molecule has 1 N–H and O–H groups in total. The lowest BCUT2D eigenvalue weighted by Crippen LogP contribution is -1.80. The summed E-state index contributed by atoms with van der Waals surface area (Å²) in [5.41, 5.74) is 3.51. The molecule has 0 saturated carbocycles. The molecule has 0 aliphatic carbocycles. The smallest absolute Gasteiger partial charge is 0.181 e. The number of H-pyrrole nitrogens is 1. The lowest BCUT2D eigenvalue weighted by atomic mass is 10.0. The highest BCUT2D eigenvalue weighted by molar-refractivity contribution is 6.03. The standard InChI is InChI=1S/C14H8N3O2/c1-2-9(13-7-15-8-18-13)14-10(6-16-12(14)3-1)11-4-5-19-17-11/h1-5,7-8,16H. The molecule has 0 atom stereocenters. The van der Waals surface area contributed by atoms with Crippen LogP contribution >= 0.6 is 0 Å². The number of hydrogen-bond acceptors (Lipinski definition) is 4. The van der Waals surface area contributed by atoms with Gasteiger partial charge in [0.15, 0.2) is 12.2 Å². The van der Waals surface area contributed by atoms with Crippen molar-refractivity contribution < 1.29 is 8.94 Å². The van der Waals surface area contributed by atoms with Crippen molar-refractivity contribution in [2.45, 2.75) is 0 Å². The van der Waals surface area contributed by atoms with Gasteiger partial charge in [0, 0.05) is 28.1 Å². The van der Waals surface area contributed by atoms with Gasteiger partial charge < -0.3 is 13.9 Å². The van der Waals surface area contributed by atoms with Gasteiger partial charge in [0.1, 0.15) is 12.0 Å². The minimum absolute atomic E-state index is 0.711. The number of fused-ring (bicyclic) bond motifs is 1. The second-order valence-electron chi connectivity index (χ2n) is 4.10. The molecule has 91 valence electrons. The van der Waals surface area contributed by atoms with Crippen LogP contribution in [-0.2, 0) is 0 Å². The van der Waals surface area contributed by atoms with Crippen molar-refractivity contribution in [1.82, 2.24) is 15.1 Å². The summed E-state index contributed by atoms with van der Waals surface area (Å²) in [6.45, 7) is 0. The number of aromatic amines is 1. The van der Waals surface area contributed by atoms with Gasteiger partial charge in [0.05, 0.1) is 12.4 Å². The zero-order valence-electron chi connectivity index (χ0n) is 9.75. The Labute approximate surface area is 107 Å². The summed E-state index contributed by atoms with van der Waals surface area (Å²) in [6, 6.07) is 7.72. The van der Waals surface area contributed by atoms with Crippen molar-refractivity contribution in [2.24, 2.45) is 0 Å². The third-order valence-corrected chi connectivity index (χ3v) is 3.03. The summed E-state index contributed by atoms with van der Waals surface area (Å²) in [5, 5.41) is 4.95. The van der Waals surface area contributed by atoms with Crippen molar-refractivity contribution in [2.75, 3.05) is 0 Å². The van der Waals surface area contributed by atoms with Crippen LogP contribution in [0.5, 0.6) is 0 Å². The zero-order chi connectivity index (χ0) is 12.7. The number of benzene rings is 1. The Morgan fingerprint density at radius 3 is 3.00 bits per heavy atom. The van der Waals surface area contributed by atoms with Gasteiger partial charge in [-0.05, 0) is 6.07 Å². The van der Waals surface area contributed by atoms with E-state index in [1.54, 1.807) is 18.5 Å². The second-order valence-corrected chi connectivity index (χ2v) is 4.10. The summed E-state index contributed by atoms with van der Waals surface area (Å²) >= 11 is 0. The third kappa shape index (κ3) is 1.48. The molecule has 0 spiro atoms. The molecule has 0 aliphatic heterocycles. The molecule has 0 amide bonds. The molecule has 0 aliphatic rings. The number of aromatic nitrogens is 3. The monoisotopic (exact) mass is 250 g/mol. The van der Waals surface area contributed by atoms with Gasteiger partial charge in [-0.25, -0.2) is 4.98 Å². The van der Waals surface area contributed by atoms with Crippen LogP contribution in [0.2, 0.25) is 0 Å². The number of nitrogens with zero attached hydrogens (tertiary/aromatic N) is 2. The minimum Gasteiger partial charge on any atom is -0.443 e. The van der Waals surface area contributed by atoms with Crippen molar-refractivity contribution >= 4 is 10.9 Å². The number of hydrogen-bond donors (Lipinski definition) is 1. The highest BCUT2D eigenvalue weighted by Crippen LogP contribution is 2.35. The Hall–Kier alpha value is -2.82. The first kappa shape index (κ1) is 10.1. The summed E-state index contributed by atoms with van der Waals surface area (Å²) in [7, 11) is 0. The van der Waals surface area contributed by atoms with Gasteiger partial charge >= 0.3 is 0 Å². The fraction of sp³-hybridized carbons (Fsp3) is 0. The Kier molecular flexibility index (Phi) is 2.05. The van der Waals surface area contributed by atoms with Crippen LogP contribution in [0.15, 0.2) is 52.1 Å². The highest BCUT2D eigenvalue weighted by Gasteiger charge is 2.15. The molecule has 19 heavy (non-hydrogen) atoms. The molecule has 0 fully saturated rings. The molecule has 0 bridgehead atoms. The quantitative estimate of drug-likeness (QED) is 0.592. The van der Waals surface area contributed by atoms with Gasteiger partial charge in [-0.1, -0.05) is 17.3 Å². The molecular formula is C14H8N3O2. The van der Waals surface area contributed by atoms with Crippen LogP contribution in [0.3, 0.4) is 0 Å². The van der Waals surface area contributed by atoms with E-state index in [0.29, 0.717) is 5.76 Å². The van der Waals surface area contributed by atoms with Crippen LogP contribution in [0.25, 0.3) is 33.5 Å². The van der Waals surface area contributed by atoms with E-state index >= 15 is 0 Å². The first-order valence-corrected chi connectivity index (χ1v) is 5.75. The van der Waals surface area contributed by atoms with Crippen molar-refractivity contribution in [3.05, 3.63) is 49.3 Å². The summed E-state index contributed by atoms with van der Waals surface area (Å²) < 4.78 is 10.3. The molecule has 5 nitrogen and oxygen atoms in total. The second kappa shape index (κ2) is 3.84. The lowest BCUT2D eigenvalue weighted by Gasteiger charge is -2.01. The van der Waals surface area contributed by atoms with Crippen molar-refractivity contribution in [3.8, 4) is 22.6 Å². The van der Waals surface area contributed by atoms with Crippen molar-refractivity contribution in [3.63, 3.8) is 0 Å². The number of rotatable bonds is 2. The largest absolute Gasteiger partial charge is 0.443 e. The topological polar surface area (TPSA) is 67.8 Å². The van der Waals surface area contributed by atoms with Crippen LogP contribution in [0, 0.1) is 6.20 Å². The van der Waals surface area contributed by atoms with E-state index in [1.165, 1.54) is 6.39 Å². The van der Waals surface area contributed by atoms with E-state index in [-0.39, 0.29) is 0 Å². The Balaban J connectivity index is 2.07. The van der Waals surface area contributed by atoms with Crippen LogP contribution in [0.1, 0.15) is 0 Å². The predicted octanol–water partition coefficient (Wildman–Crippen LogP) is 3.28. The maximum absolute atomic E-state index is 5.39. The third-order valence-electron chi connectivity index (χ3n) is 3.03. The molecule has 5 heteroatoms. The molecular weight excluding hydrogens is 242 g/mol.